The van der Waals surface area contributed by atoms with Crippen LogP contribution in [0.1, 0.15) is 58.9 Å². The van der Waals surface area contributed by atoms with Crippen LogP contribution in [0.15, 0.2) is 71.2 Å². The molecule has 2 amide bonds. The Kier molecular flexibility index (Phi) is 7.92. The van der Waals surface area contributed by atoms with Gasteiger partial charge in [-0.3, -0.25) is 19.3 Å². The average molecular weight is 660 g/mol. The highest BCUT2D eigenvalue weighted by atomic mass is 79.9. The van der Waals surface area contributed by atoms with E-state index in [2.05, 4.69) is 15.9 Å². The number of aryl methyl sites for hydroxylation is 1. The Balaban J connectivity index is 1.33. The van der Waals surface area contributed by atoms with Gasteiger partial charge in [0.15, 0.2) is 6.10 Å². The van der Waals surface area contributed by atoms with Crippen molar-refractivity contribution in [2.24, 2.45) is 11.8 Å². The second kappa shape index (κ2) is 11.7. The van der Waals surface area contributed by atoms with Crippen LogP contribution in [0.5, 0.6) is 0 Å². The van der Waals surface area contributed by atoms with Crippen LogP contribution in [0.3, 0.4) is 0 Å². The van der Waals surface area contributed by atoms with E-state index in [9.17, 15) is 19.2 Å². The number of ketones is 1. The lowest BCUT2D eigenvalue weighted by Gasteiger charge is -2.19. The molecule has 0 N–H and O–H groups in total. The lowest BCUT2D eigenvalue weighted by atomic mass is 9.81. The molecular weight excluding hydrogens is 632 g/mol. The fraction of sp³-hybridized carbons (Fsp3) is 0.265. The van der Waals surface area contributed by atoms with Gasteiger partial charge in [0.1, 0.15) is 0 Å². The third-order valence-corrected chi connectivity index (χ3v) is 9.01. The van der Waals surface area contributed by atoms with Crippen molar-refractivity contribution in [2.45, 2.75) is 45.6 Å². The van der Waals surface area contributed by atoms with Crippen molar-refractivity contribution < 1.29 is 23.9 Å². The number of esters is 1. The smallest absolute Gasteiger partial charge is 0.339 e. The number of carbonyl (C=O) groups excluding carboxylic acids is 4. The molecule has 3 aromatic carbocycles. The summed E-state index contributed by atoms with van der Waals surface area (Å²) in [5.41, 5.74) is 3.80. The highest BCUT2D eigenvalue weighted by Gasteiger charge is 2.48. The maximum Gasteiger partial charge on any atom is 0.339 e. The summed E-state index contributed by atoms with van der Waals surface area (Å²) in [4.78, 5) is 58.9. The van der Waals surface area contributed by atoms with Gasteiger partial charge in [-0.15, -0.1) is 0 Å². The number of hydrogen-bond donors (Lipinski definition) is 0. The zero-order valence-electron chi connectivity index (χ0n) is 23.6. The predicted octanol–water partition coefficient (Wildman–Crippen LogP) is 7.73. The topological polar surface area (TPSA) is 93.6 Å². The first-order chi connectivity index (χ1) is 20.6. The summed E-state index contributed by atoms with van der Waals surface area (Å²) in [5, 5.41) is 0.993. The number of Topliss-reactive ketones (excluding diaryl/α,β-unsaturated/α-hetero) is 1. The number of fused-ring (bicyclic) bond motifs is 2. The summed E-state index contributed by atoms with van der Waals surface area (Å²) < 4.78 is 6.44. The highest BCUT2D eigenvalue weighted by Crippen LogP contribution is 2.40. The molecular formula is C34H28BrClN2O5. The number of carbonyl (C=O) groups is 4. The molecule has 3 atom stereocenters. The highest BCUT2D eigenvalue weighted by molar-refractivity contribution is 9.10. The quantitative estimate of drug-likeness (QED) is 0.119. The van der Waals surface area contributed by atoms with Gasteiger partial charge < -0.3 is 4.74 Å². The van der Waals surface area contributed by atoms with Gasteiger partial charge in [0.05, 0.1) is 34.3 Å². The largest absolute Gasteiger partial charge is 0.451 e. The van der Waals surface area contributed by atoms with Gasteiger partial charge in [0.25, 0.3) is 0 Å². The van der Waals surface area contributed by atoms with Crippen LogP contribution in [-0.4, -0.2) is 34.7 Å². The number of pyridine rings is 1. The van der Waals surface area contributed by atoms with Crippen LogP contribution in [-0.2, 0) is 14.3 Å². The SMILES string of the molecule is Cc1cc(Br)cc2c(C(=O)OC(C)C(=O)c3cccc(Cl)c3)cc(-c3ccc(N4C(=O)C5CCCCC5C4=O)cc3)nc12. The Morgan fingerprint density at radius 1 is 0.977 bits per heavy atom. The molecule has 43 heavy (non-hydrogen) atoms. The number of rotatable bonds is 6. The first-order valence-electron chi connectivity index (χ1n) is 14.2. The molecule has 218 valence electrons. The Morgan fingerprint density at radius 3 is 2.30 bits per heavy atom. The van der Waals surface area contributed by atoms with E-state index in [-0.39, 0.29) is 35.0 Å². The molecule has 4 aromatic rings. The van der Waals surface area contributed by atoms with Crippen molar-refractivity contribution in [3.8, 4) is 11.3 Å². The van der Waals surface area contributed by atoms with E-state index in [1.54, 1.807) is 54.6 Å². The van der Waals surface area contributed by atoms with E-state index in [4.69, 9.17) is 21.3 Å². The van der Waals surface area contributed by atoms with Crippen molar-refractivity contribution in [1.82, 2.24) is 4.98 Å². The van der Waals surface area contributed by atoms with Crippen LogP contribution in [0.4, 0.5) is 5.69 Å². The molecule has 1 aromatic heterocycles. The number of halogens is 2. The van der Waals surface area contributed by atoms with Gasteiger partial charge in [-0.1, -0.05) is 64.6 Å². The molecule has 1 saturated heterocycles. The van der Waals surface area contributed by atoms with E-state index < -0.39 is 12.1 Å². The first-order valence-corrected chi connectivity index (χ1v) is 15.4. The van der Waals surface area contributed by atoms with Gasteiger partial charge in [0, 0.05) is 26.0 Å². The molecule has 0 bridgehead atoms. The van der Waals surface area contributed by atoms with E-state index in [0.29, 0.717) is 38.4 Å². The standard InChI is InChI=1S/C34H28BrClN2O5/c1-18-14-22(35)16-27-28(34(42)43-19(2)31(39)21-6-5-7-23(36)15-21)17-29(37-30(18)27)20-10-12-24(13-11-20)38-32(40)25-8-3-4-9-26(25)33(38)41/h5-7,10-17,19,25-26H,3-4,8-9H2,1-2H3. The number of nitrogens with zero attached hydrogens (tertiary/aromatic N) is 2. The van der Waals surface area contributed by atoms with Crippen molar-refractivity contribution in [3.63, 3.8) is 0 Å². The lowest BCUT2D eigenvalue weighted by Crippen LogP contribution is -2.30. The van der Waals surface area contributed by atoms with Crippen LogP contribution < -0.4 is 4.90 Å². The van der Waals surface area contributed by atoms with Crippen molar-refractivity contribution >= 4 is 67.7 Å². The summed E-state index contributed by atoms with van der Waals surface area (Å²) in [6.45, 7) is 3.43. The number of ether oxygens (including phenoxy) is 1. The first kappa shape index (κ1) is 29.2. The molecule has 7 nitrogen and oxygen atoms in total. The summed E-state index contributed by atoms with van der Waals surface area (Å²) in [5.74, 6) is -1.74. The number of imide groups is 1. The lowest BCUT2D eigenvalue weighted by molar-refractivity contribution is -0.122. The average Bonchev–Trinajstić information content (AvgIpc) is 3.25. The third kappa shape index (κ3) is 5.50. The third-order valence-electron chi connectivity index (χ3n) is 8.31. The number of amides is 2. The van der Waals surface area contributed by atoms with Gasteiger partial charge in [-0.2, -0.15) is 0 Å². The fourth-order valence-electron chi connectivity index (χ4n) is 6.13. The van der Waals surface area contributed by atoms with Crippen molar-refractivity contribution in [3.05, 3.63) is 92.9 Å². The predicted molar refractivity (Wildman–Crippen MR) is 168 cm³/mol. The Bertz CT molecular complexity index is 1780. The zero-order chi connectivity index (χ0) is 30.4. The molecule has 0 radical (unpaired) electrons. The van der Waals surface area contributed by atoms with E-state index in [1.165, 1.54) is 17.9 Å². The molecule has 6 rings (SSSR count). The Labute approximate surface area is 262 Å². The molecule has 2 aliphatic rings. The van der Waals surface area contributed by atoms with Crippen LogP contribution in [0.2, 0.25) is 5.02 Å². The molecule has 1 aliphatic carbocycles. The van der Waals surface area contributed by atoms with E-state index >= 15 is 0 Å². The number of anilines is 1. The second-order valence-electron chi connectivity index (χ2n) is 11.2. The number of benzene rings is 3. The Hall–Kier alpha value is -3.88. The summed E-state index contributed by atoms with van der Waals surface area (Å²) in [7, 11) is 0. The maximum absolute atomic E-state index is 13.6. The summed E-state index contributed by atoms with van der Waals surface area (Å²) >= 11 is 9.56. The van der Waals surface area contributed by atoms with Crippen LogP contribution in [0.25, 0.3) is 22.2 Å². The molecule has 3 unspecified atom stereocenters. The van der Waals surface area contributed by atoms with Crippen LogP contribution >= 0.6 is 27.5 Å². The molecule has 2 heterocycles. The summed E-state index contributed by atoms with van der Waals surface area (Å²) in [6.07, 6.45) is 2.39. The zero-order valence-corrected chi connectivity index (χ0v) is 25.9. The van der Waals surface area contributed by atoms with E-state index in [0.717, 1.165) is 35.7 Å². The van der Waals surface area contributed by atoms with Gasteiger partial charge in [0.2, 0.25) is 17.6 Å². The maximum atomic E-state index is 13.6. The normalized spacial score (nSPS) is 18.9. The minimum Gasteiger partial charge on any atom is -0.451 e. The van der Waals surface area contributed by atoms with Gasteiger partial charge in [-0.25, -0.2) is 9.78 Å². The number of hydrogen-bond acceptors (Lipinski definition) is 6. The minimum atomic E-state index is -1.05. The summed E-state index contributed by atoms with van der Waals surface area (Å²) in [6, 6.07) is 18.9. The van der Waals surface area contributed by atoms with Crippen LogP contribution in [0, 0.1) is 18.8 Å². The van der Waals surface area contributed by atoms with Gasteiger partial charge in [-0.05, 0) is 74.7 Å². The Morgan fingerprint density at radius 2 is 1.65 bits per heavy atom. The van der Waals surface area contributed by atoms with E-state index in [1.807, 2.05) is 13.0 Å². The number of aromatic nitrogens is 1. The van der Waals surface area contributed by atoms with Crippen molar-refractivity contribution in [2.75, 3.05) is 4.90 Å². The molecule has 1 saturated carbocycles. The molecule has 0 spiro atoms. The second-order valence-corrected chi connectivity index (χ2v) is 12.5. The monoisotopic (exact) mass is 658 g/mol. The molecule has 2 fully saturated rings. The van der Waals surface area contributed by atoms with Gasteiger partial charge >= 0.3 is 5.97 Å². The fourth-order valence-corrected chi connectivity index (χ4v) is 6.89. The molecule has 9 heteroatoms. The molecule has 1 aliphatic heterocycles. The van der Waals surface area contributed by atoms with Crippen molar-refractivity contribution in [1.29, 1.82) is 0 Å². The minimum absolute atomic E-state index is 0.126.